The van der Waals surface area contributed by atoms with E-state index in [2.05, 4.69) is 13.8 Å². The summed E-state index contributed by atoms with van der Waals surface area (Å²) in [4.78, 5) is 11.6. The van der Waals surface area contributed by atoms with Crippen molar-refractivity contribution in [1.29, 1.82) is 0 Å². The number of unbranched alkanes of at least 4 members (excludes halogenated alkanes) is 2. The minimum absolute atomic E-state index is 0.262. The maximum atomic E-state index is 11.6. The molecule has 0 heterocycles. The van der Waals surface area contributed by atoms with E-state index in [1.54, 1.807) is 0 Å². The second-order valence-corrected chi connectivity index (χ2v) is 8.68. The third-order valence-corrected chi connectivity index (χ3v) is 5.27. The van der Waals surface area contributed by atoms with Crippen molar-refractivity contribution in [3.05, 3.63) is 0 Å². The van der Waals surface area contributed by atoms with Crippen molar-refractivity contribution in [3.8, 4) is 0 Å². The number of hydrogen-bond acceptors (Lipinski definition) is 3. The van der Waals surface area contributed by atoms with E-state index in [0.717, 1.165) is 19.3 Å². The lowest BCUT2D eigenvalue weighted by Gasteiger charge is -2.20. The molecule has 20 heavy (non-hydrogen) atoms. The van der Waals surface area contributed by atoms with Gasteiger partial charge in [0.2, 0.25) is 0 Å². The van der Waals surface area contributed by atoms with E-state index in [1.807, 2.05) is 0 Å². The van der Waals surface area contributed by atoms with E-state index in [4.69, 9.17) is 4.55 Å². The third-order valence-electron chi connectivity index (χ3n) is 3.67. The zero-order valence-electron chi connectivity index (χ0n) is 13.3. The summed E-state index contributed by atoms with van der Waals surface area (Å²) in [6, 6.07) is 0. The maximum Gasteiger partial charge on any atom is 0.270 e. The minimum atomic E-state index is -4.01. The first-order valence-corrected chi connectivity index (χ1v) is 8.99. The molecule has 0 radical (unpaired) electrons. The minimum Gasteiger partial charge on any atom is -0.300 e. The van der Waals surface area contributed by atoms with Gasteiger partial charge in [0.15, 0.2) is 0 Å². The summed E-state index contributed by atoms with van der Waals surface area (Å²) < 4.78 is 30.1. The Morgan fingerprint density at radius 1 is 1.05 bits per heavy atom. The second-order valence-electron chi connectivity index (χ2n) is 6.62. The van der Waals surface area contributed by atoms with Gasteiger partial charge in [-0.05, 0) is 39.0 Å². The highest BCUT2D eigenvalue weighted by atomic mass is 32.2. The van der Waals surface area contributed by atoms with Crippen molar-refractivity contribution in [1.82, 2.24) is 0 Å². The van der Waals surface area contributed by atoms with E-state index in [-0.39, 0.29) is 5.78 Å². The lowest BCUT2D eigenvalue weighted by Crippen LogP contribution is -2.31. The Hall–Kier alpha value is -0.420. The number of carbonyl (C=O) groups is 1. The van der Waals surface area contributed by atoms with E-state index >= 15 is 0 Å². The van der Waals surface area contributed by atoms with Crippen molar-refractivity contribution in [2.24, 2.45) is 5.92 Å². The van der Waals surface area contributed by atoms with Crippen LogP contribution in [-0.2, 0) is 14.9 Å². The lowest BCUT2D eigenvalue weighted by molar-refractivity contribution is -0.119. The fourth-order valence-electron chi connectivity index (χ4n) is 2.00. The topological polar surface area (TPSA) is 71.4 Å². The summed E-state index contributed by atoms with van der Waals surface area (Å²) in [5.41, 5.74) is 0. The molecule has 0 aromatic heterocycles. The summed E-state index contributed by atoms with van der Waals surface area (Å²) in [5, 5.41) is 0. The van der Waals surface area contributed by atoms with Crippen LogP contribution in [-0.4, -0.2) is 23.5 Å². The number of carbonyl (C=O) groups excluding carboxylic acids is 1. The van der Waals surface area contributed by atoms with Gasteiger partial charge in [-0.2, -0.15) is 8.42 Å². The van der Waals surface area contributed by atoms with Crippen LogP contribution in [0.1, 0.15) is 79.1 Å². The average Bonchev–Trinajstić information content (AvgIpc) is 2.28. The zero-order valence-corrected chi connectivity index (χ0v) is 14.1. The molecule has 0 unspecified atom stereocenters. The molecule has 0 bridgehead atoms. The Balaban J connectivity index is 3.73. The molecule has 0 aromatic rings. The van der Waals surface area contributed by atoms with Gasteiger partial charge < -0.3 is 0 Å². The molecule has 120 valence electrons. The Labute approximate surface area is 124 Å². The normalized spacial score (nSPS) is 12.9. The van der Waals surface area contributed by atoms with Crippen molar-refractivity contribution in [2.45, 2.75) is 83.8 Å². The number of Topliss-reactive ketones (excluding diaryl/α,β-unsaturated/α-hetero) is 1. The van der Waals surface area contributed by atoms with E-state index in [1.165, 1.54) is 13.8 Å². The Bertz CT molecular complexity index is 383. The van der Waals surface area contributed by atoms with E-state index in [0.29, 0.717) is 38.0 Å². The van der Waals surface area contributed by atoms with Gasteiger partial charge in [-0.3, -0.25) is 9.35 Å². The van der Waals surface area contributed by atoms with Crippen LogP contribution in [0.5, 0.6) is 0 Å². The Morgan fingerprint density at radius 2 is 1.55 bits per heavy atom. The fraction of sp³-hybridized carbons (Fsp3) is 0.933. The van der Waals surface area contributed by atoms with Gasteiger partial charge in [-0.1, -0.05) is 33.1 Å². The van der Waals surface area contributed by atoms with Crippen LogP contribution < -0.4 is 0 Å². The number of rotatable bonds is 11. The number of ketones is 1. The van der Waals surface area contributed by atoms with Gasteiger partial charge >= 0.3 is 0 Å². The molecule has 0 spiro atoms. The average molecular weight is 306 g/mol. The highest BCUT2D eigenvalue weighted by Gasteiger charge is 2.31. The highest BCUT2D eigenvalue weighted by Crippen LogP contribution is 2.22. The van der Waals surface area contributed by atoms with Crippen LogP contribution in [0.15, 0.2) is 0 Å². The molecule has 4 nitrogen and oxygen atoms in total. The first kappa shape index (κ1) is 19.6. The molecule has 0 amide bonds. The number of hydrogen-bond donors (Lipinski definition) is 1. The maximum absolute atomic E-state index is 11.6. The predicted molar refractivity (Wildman–Crippen MR) is 82.4 cm³/mol. The van der Waals surface area contributed by atoms with Gasteiger partial charge in [0.1, 0.15) is 5.78 Å². The Kier molecular flexibility index (Phi) is 8.59. The second kappa shape index (κ2) is 8.78. The van der Waals surface area contributed by atoms with Crippen LogP contribution in [0.25, 0.3) is 0 Å². The van der Waals surface area contributed by atoms with Crippen molar-refractivity contribution in [3.63, 3.8) is 0 Å². The fourth-order valence-corrected chi connectivity index (χ4v) is 2.40. The summed E-state index contributed by atoms with van der Waals surface area (Å²) >= 11 is 0. The summed E-state index contributed by atoms with van der Waals surface area (Å²) in [5.74, 6) is 0.950. The third kappa shape index (κ3) is 8.69. The first-order valence-electron chi connectivity index (χ1n) is 7.55. The quantitative estimate of drug-likeness (QED) is 0.462. The molecule has 0 aliphatic carbocycles. The molecule has 0 aliphatic rings. The lowest BCUT2D eigenvalue weighted by atomic mass is 10.0. The SMILES string of the molecule is CC(C)CCCCC(=O)CCCCC(C)(C)S(=O)(=O)O. The van der Waals surface area contributed by atoms with Crippen LogP contribution in [0.2, 0.25) is 0 Å². The molecule has 0 rings (SSSR count). The molecule has 0 aromatic carbocycles. The first-order chi connectivity index (χ1) is 9.06. The van der Waals surface area contributed by atoms with Gasteiger partial charge in [0, 0.05) is 12.8 Å². The molecule has 0 aliphatic heterocycles. The van der Waals surface area contributed by atoms with E-state index < -0.39 is 14.9 Å². The van der Waals surface area contributed by atoms with Gasteiger partial charge in [0.05, 0.1) is 4.75 Å². The molecule has 0 atom stereocenters. The molecule has 1 N–H and O–H groups in total. The van der Waals surface area contributed by atoms with Crippen molar-refractivity contribution >= 4 is 15.9 Å². The largest absolute Gasteiger partial charge is 0.300 e. The predicted octanol–water partition coefficient (Wildman–Crippen LogP) is 4.00. The van der Waals surface area contributed by atoms with Crippen LogP contribution in [0.4, 0.5) is 0 Å². The molecular formula is C15H30O4S. The highest BCUT2D eigenvalue weighted by molar-refractivity contribution is 7.87. The van der Waals surface area contributed by atoms with Crippen LogP contribution >= 0.6 is 0 Å². The van der Waals surface area contributed by atoms with Crippen molar-refractivity contribution in [2.75, 3.05) is 0 Å². The Morgan fingerprint density at radius 3 is 2.00 bits per heavy atom. The summed E-state index contributed by atoms with van der Waals surface area (Å²) in [6.45, 7) is 7.38. The van der Waals surface area contributed by atoms with Gasteiger partial charge in [0.25, 0.3) is 10.1 Å². The van der Waals surface area contributed by atoms with Crippen LogP contribution in [0.3, 0.4) is 0 Å². The van der Waals surface area contributed by atoms with Crippen LogP contribution in [0, 0.1) is 5.92 Å². The van der Waals surface area contributed by atoms with Gasteiger partial charge in [-0.15, -0.1) is 0 Å². The molecule has 5 heteroatoms. The van der Waals surface area contributed by atoms with E-state index in [9.17, 15) is 13.2 Å². The standard InChI is InChI=1S/C15H30O4S/c1-13(2)9-5-6-10-14(16)11-7-8-12-15(3,4)20(17,18)19/h13H,5-12H2,1-4H3,(H,17,18,19). The molecule has 0 fully saturated rings. The summed E-state index contributed by atoms with van der Waals surface area (Å²) in [6.07, 6.45) is 6.08. The monoisotopic (exact) mass is 306 g/mol. The molecule has 0 saturated carbocycles. The van der Waals surface area contributed by atoms with Crippen molar-refractivity contribution < 1.29 is 17.8 Å². The zero-order chi connectivity index (χ0) is 15.8. The molecular weight excluding hydrogens is 276 g/mol. The molecule has 0 saturated heterocycles. The van der Waals surface area contributed by atoms with Gasteiger partial charge in [-0.25, -0.2) is 0 Å². The summed E-state index contributed by atoms with van der Waals surface area (Å²) in [7, 11) is -4.01. The smallest absolute Gasteiger partial charge is 0.270 e.